The number of rotatable bonds is 7. The quantitative estimate of drug-likeness (QED) is 0.353. The SMILES string of the molecule is Cc1ccc(CN2C(=O)S/C(=C\c3ccc(OCC(=O)Nc4ccc(Cl)cc4)c(Cl)c3)C2=O)cc1. The van der Waals surface area contributed by atoms with Crippen LogP contribution in [0.25, 0.3) is 6.08 Å². The molecule has 3 aromatic carbocycles. The van der Waals surface area contributed by atoms with Gasteiger partial charge >= 0.3 is 0 Å². The van der Waals surface area contributed by atoms with Gasteiger partial charge in [0.15, 0.2) is 6.61 Å². The molecule has 35 heavy (non-hydrogen) atoms. The first-order chi connectivity index (χ1) is 16.8. The number of ether oxygens (including phenoxy) is 1. The number of benzene rings is 3. The van der Waals surface area contributed by atoms with Crippen LogP contribution in [0, 0.1) is 6.92 Å². The van der Waals surface area contributed by atoms with Gasteiger partial charge in [-0.25, -0.2) is 0 Å². The minimum atomic E-state index is -0.352. The van der Waals surface area contributed by atoms with Gasteiger partial charge in [0.2, 0.25) is 0 Å². The molecule has 0 spiro atoms. The normalized spacial score (nSPS) is 14.5. The van der Waals surface area contributed by atoms with Gasteiger partial charge < -0.3 is 10.1 Å². The molecule has 1 saturated heterocycles. The summed E-state index contributed by atoms with van der Waals surface area (Å²) in [6, 6.07) is 19.3. The van der Waals surface area contributed by atoms with Crippen molar-refractivity contribution in [2.45, 2.75) is 13.5 Å². The van der Waals surface area contributed by atoms with Crippen LogP contribution in [-0.4, -0.2) is 28.6 Å². The molecule has 0 unspecified atom stereocenters. The van der Waals surface area contributed by atoms with Crippen LogP contribution in [0.5, 0.6) is 5.75 Å². The van der Waals surface area contributed by atoms with Crippen LogP contribution in [0.3, 0.4) is 0 Å². The van der Waals surface area contributed by atoms with E-state index in [0.717, 1.165) is 22.9 Å². The van der Waals surface area contributed by atoms with Gasteiger partial charge in [-0.3, -0.25) is 19.3 Å². The average Bonchev–Trinajstić information content (AvgIpc) is 3.08. The Morgan fingerprint density at radius 1 is 1.03 bits per heavy atom. The maximum absolute atomic E-state index is 12.8. The van der Waals surface area contributed by atoms with E-state index in [1.54, 1.807) is 48.5 Å². The Morgan fingerprint density at radius 2 is 1.74 bits per heavy atom. The van der Waals surface area contributed by atoms with E-state index < -0.39 is 0 Å². The van der Waals surface area contributed by atoms with Crippen molar-refractivity contribution in [3.05, 3.63) is 98.4 Å². The molecule has 0 bridgehead atoms. The highest BCUT2D eigenvalue weighted by atomic mass is 35.5. The Morgan fingerprint density at radius 3 is 2.43 bits per heavy atom. The molecule has 1 aliphatic rings. The molecule has 9 heteroatoms. The summed E-state index contributed by atoms with van der Waals surface area (Å²) in [6.07, 6.45) is 1.61. The molecule has 1 aliphatic heterocycles. The number of anilines is 1. The molecule has 1 N–H and O–H groups in total. The largest absolute Gasteiger partial charge is 0.482 e. The topological polar surface area (TPSA) is 75.7 Å². The molecule has 4 rings (SSSR count). The van der Waals surface area contributed by atoms with Crippen LogP contribution in [0.1, 0.15) is 16.7 Å². The van der Waals surface area contributed by atoms with Crippen molar-refractivity contribution < 1.29 is 19.1 Å². The molecule has 0 aliphatic carbocycles. The Bertz CT molecular complexity index is 1310. The number of aryl methyl sites for hydroxylation is 1. The lowest BCUT2D eigenvalue weighted by Crippen LogP contribution is -2.27. The first-order valence-electron chi connectivity index (χ1n) is 10.6. The van der Waals surface area contributed by atoms with Crippen LogP contribution in [0.2, 0.25) is 10.0 Å². The third kappa shape index (κ3) is 6.45. The maximum atomic E-state index is 12.8. The lowest BCUT2D eigenvalue weighted by Gasteiger charge is -2.12. The van der Waals surface area contributed by atoms with Gasteiger partial charge in [-0.15, -0.1) is 0 Å². The van der Waals surface area contributed by atoms with Gasteiger partial charge in [0, 0.05) is 10.7 Å². The summed E-state index contributed by atoms with van der Waals surface area (Å²) >= 11 is 13.0. The summed E-state index contributed by atoms with van der Waals surface area (Å²) in [6.45, 7) is 1.96. The highest BCUT2D eigenvalue weighted by Gasteiger charge is 2.35. The fourth-order valence-corrected chi connectivity index (χ4v) is 4.47. The maximum Gasteiger partial charge on any atom is 0.293 e. The summed E-state index contributed by atoms with van der Waals surface area (Å²) in [4.78, 5) is 38.9. The lowest BCUT2D eigenvalue weighted by atomic mass is 10.1. The van der Waals surface area contributed by atoms with Crippen LogP contribution in [0.15, 0.2) is 71.6 Å². The van der Waals surface area contributed by atoms with Gasteiger partial charge in [0.1, 0.15) is 5.75 Å². The number of amides is 3. The van der Waals surface area contributed by atoms with Crippen molar-refractivity contribution in [2.24, 2.45) is 0 Å². The van der Waals surface area contributed by atoms with Crippen molar-refractivity contribution in [3.63, 3.8) is 0 Å². The molecule has 1 heterocycles. The second-order valence-corrected chi connectivity index (χ2v) is 9.62. The highest BCUT2D eigenvalue weighted by molar-refractivity contribution is 8.18. The minimum Gasteiger partial charge on any atom is -0.482 e. The fraction of sp³-hybridized carbons (Fsp3) is 0.115. The molecular weight excluding hydrogens is 507 g/mol. The molecule has 6 nitrogen and oxygen atoms in total. The minimum absolute atomic E-state index is 0.216. The number of carbonyl (C=O) groups is 3. The summed E-state index contributed by atoms with van der Waals surface area (Å²) in [7, 11) is 0. The van der Waals surface area contributed by atoms with Crippen LogP contribution in [0.4, 0.5) is 10.5 Å². The van der Waals surface area contributed by atoms with Crippen molar-refractivity contribution in [1.29, 1.82) is 0 Å². The van der Waals surface area contributed by atoms with Gasteiger partial charge in [-0.2, -0.15) is 0 Å². The van der Waals surface area contributed by atoms with Crippen LogP contribution < -0.4 is 10.1 Å². The Labute approximate surface area is 216 Å². The molecule has 0 radical (unpaired) electrons. The Balaban J connectivity index is 1.37. The Hall–Kier alpha value is -3.26. The number of thioether (sulfide) groups is 1. The van der Waals surface area contributed by atoms with Gasteiger partial charge in [0.05, 0.1) is 16.5 Å². The van der Waals surface area contributed by atoms with E-state index in [1.807, 2.05) is 31.2 Å². The number of carbonyl (C=O) groups excluding carboxylic acids is 3. The van der Waals surface area contributed by atoms with E-state index in [4.69, 9.17) is 27.9 Å². The van der Waals surface area contributed by atoms with E-state index in [9.17, 15) is 14.4 Å². The second-order valence-electron chi connectivity index (χ2n) is 7.79. The smallest absolute Gasteiger partial charge is 0.293 e. The third-order valence-corrected chi connectivity index (χ3v) is 6.53. The number of halogens is 2. The van der Waals surface area contributed by atoms with Gasteiger partial charge in [-0.1, -0.05) is 59.1 Å². The summed E-state index contributed by atoms with van der Waals surface area (Å²) in [5.41, 5.74) is 3.22. The van der Waals surface area contributed by atoms with Gasteiger partial charge in [-0.05, 0) is 72.3 Å². The molecule has 0 saturated carbocycles. The predicted molar refractivity (Wildman–Crippen MR) is 140 cm³/mol. The third-order valence-electron chi connectivity index (χ3n) is 5.08. The van der Waals surface area contributed by atoms with E-state index >= 15 is 0 Å². The van der Waals surface area contributed by atoms with E-state index in [2.05, 4.69) is 5.32 Å². The first kappa shape index (κ1) is 24.9. The fourth-order valence-electron chi connectivity index (χ4n) is 3.26. The molecule has 1 fully saturated rings. The predicted octanol–water partition coefficient (Wildman–Crippen LogP) is 6.56. The molecule has 3 aromatic rings. The molecule has 0 atom stereocenters. The average molecular weight is 527 g/mol. The number of hydrogen-bond donors (Lipinski definition) is 1. The number of hydrogen-bond acceptors (Lipinski definition) is 5. The van der Waals surface area contributed by atoms with E-state index in [1.165, 1.54) is 4.90 Å². The number of nitrogens with zero attached hydrogens (tertiary/aromatic N) is 1. The summed E-state index contributed by atoms with van der Waals surface area (Å²) in [5.74, 6) is -0.381. The summed E-state index contributed by atoms with van der Waals surface area (Å²) < 4.78 is 5.52. The van der Waals surface area contributed by atoms with Crippen molar-refractivity contribution in [1.82, 2.24) is 4.90 Å². The van der Waals surface area contributed by atoms with E-state index in [0.29, 0.717) is 26.9 Å². The standard InChI is InChI=1S/C26H20Cl2N2O4S/c1-16-2-4-17(5-3-16)14-30-25(32)23(35-26(30)33)13-18-6-11-22(21(28)12-18)34-15-24(31)29-20-9-7-19(27)8-10-20/h2-13H,14-15H2,1H3,(H,29,31)/b23-13-. The van der Waals surface area contributed by atoms with Crippen LogP contribution >= 0.6 is 35.0 Å². The molecular formula is C26H20Cl2N2O4S. The highest BCUT2D eigenvalue weighted by Crippen LogP contribution is 2.34. The van der Waals surface area contributed by atoms with Crippen LogP contribution in [-0.2, 0) is 16.1 Å². The zero-order valence-corrected chi connectivity index (χ0v) is 20.9. The molecule has 3 amide bonds. The molecule has 178 valence electrons. The monoisotopic (exact) mass is 526 g/mol. The number of imide groups is 1. The number of nitrogens with one attached hydrogen (secondary N) is 1. The zero-order chi connectivity index (χ0) is 24.9. The van der Waals surface area contributed by atoms with Crippen molar-refractivity contribution in [3.8, 4) is 5.75 Å². The van der Waals surface area contributed by atoms with Crippen molar-refractivity contribution >= 4 is 63.8 Å². The Kier molecular flexibility index (Phi) is 7.80. The van der Waals surface area contributed by atoms with Gasteiger partial charge in [0.25, 0.3) is 17.1 Å². The van der Waals surface area contributed by atoms with E-state index in [-0.39, 0.29) is 35.2 Å². The summed E-state index contributed by atoms with van der Waals surface area (Å²) in [5, 5.41) is 3.23. The molecule has 0 aromatic heterocycles. The van der Waals surface area contributed by atoms with Crippen molar-refractivity contribution in [2.75, 3.05) is 11.9 Å². The first-order valence-corrected chi connectivity index (χ1v) is 12.1. The zero-order valence-electron chi connectivity index (χ0n) is 18.6. The second kappa shape index (κ2) is 11.0. The lowest BCUT2D eigenvalue weighted by molar-refractivity contribution is -0.123.